The number of hydrogen-bond acceptors (Lipinski definition) is 0. The van der Waals surface area contributed by atoms with Crippen LogP contribution in [0.2, 0.25) is 0 Å². The Bertz CT molecular complexity index is 2970. The van der Waals surface area contributed by atoms with Gasteiger partial charge in [-0.1, -0.05) is 93.6 Å². The number of para-hydroxylation sites is 4. The molecule has 0 aliphatic rings. The molecule has 0 unspecified atom stereocenters. The average Bonchev–Trinajstić information content (AvgIpc) is 3.74. The summed E-state index contributed by atoms with van der Waals surface area (Å²) in [7, 11) is 0. The highest BCUT2D eigenvalue weighted by atomic mass is 15.0. The van der Waals surface area contributed by atoms with Crippen LogP contribution in [0, 0.1) is 0 Å². The molecule has 0 aliphatic heterocycles. The number of benzene rings is 6. The second-order valence-corrected chi connectivity index (χ2v) is 13.4. The summed E-state index contributed by atoms with van der Waals surface area (Å²) in [5.41, 5.74) is 13.0. The van der Waals surface area contributed by atoms with Gasteiger partial charge in [0.2, 0.25) is 0 Å². The molecule has 3 nitrogen and oxygen atoms in total. The zero-order valence-corrected chi connectivity index (χ0v) is 24.2. The van der Waals surface area contributed by atoms with Crippen molar-refractivity contribution in [3.63, 3.8) is 0 Å². The van der Waals surface area contributed by atoms with E-state index < -0.39 is 0 Å². The van der Waals surface area contributed by atoms with E-state index in [4.69, 9.17) is 0 Å². The average molecular weight is 550 g/mol. The largest absolute Gasteiger partial charge is 0.307 e. The zero-order valence-electron chi connectivity index (χ0n) is 24.2. The summed E-state index contributed by atoms with van der Waals surface area (Å²) in [6.07, 6.45) is 0. The molecule has 6 aromatic carbocycles. The lowest BCUT2D eigenvalue weighted by Gasteiger charge is -2.19. The van der Waals surface area contributed by atoms with E-state index in [1.165, 1.54) is 98.3 Å². The van der Waals surface area contributed by atoms with Crippen molar-refractivity contribution in [3.05, 3.63) is 115 Å². The lowest BCUT2D eigenvalue weighted by molar-refractivity contribution is 0.591. The van der Waals surface area contributed by atoms with Gasteiger partial charge >= 0.3 is 0 Å². The molecule has 3 heteroatoms. The van der Waals surface area contributed by atoms with E-state index >= 15 is 0 Å². The number of aromatic nitrogens is 3. The Morgan fingerprint density at radius 2 is 0.907 bits per heavy atom. The van der Waals surface area contributed by atoms with Crippen LogP contribution in [0.1, 0.15) is 26.3 Å². The van der Waals surface area contributed by atoms with Gasteiger partial charge in [-0.15, -0.1) is 0 Å². The Morgan fingerprint density at radius 1 is 0.372 bits per heavy atom. The minimum atomic E-state index is 0.0936. The minimum Gasteiger partial charge on any atom is -0.307 e. The second kappa shape index (κ2) is 7.02. The number of rotatable bonds is 0. The lowest BCUT2D eigenvalue weighted by Crippen LogP contribution is -2.10. The van der Waals surface area contributed by atoms with Gasteiger partial charge in [0.15, 0.2) is 0 Å². The van der Waals surface area contributed by atoms with Gasteiger partial charge in [-0.3, -0.25) is 0 Å². The fourth-order valence-electron chi connectivity index (χ4n) is 8.42. The van der Waals surface area contributed by atoms with Crippen molar-refractivity contribution in [2.45, 2.75) is 26.2 Å². The van der Waals surface area contributed by atoms with Crippen LogP contribution >= 0.6 is 0 Å². The Kier molecular flexibility index (Phi) is 3.64. The van der Waals surface area contributed by atoms with Crippen molar-refractivity contribution in [2.24, 2.45) is 0 Å². The third kappa shape index (κ3) is 2.40. The van der Waals surface area contributed by atoms with Crippen molar-refractivity contribution in [3.8, 4) is 0 Å². The molecule has 0 spiro atoms. The van der Waals surface area contributed by atoms with Crippen LogP contribution in [0.3, 0.4) is 0 Å². The van der Waals surface area contributed by atoms with Gasteiger partial charge in [0.05, 0.1) is 49.7 Å². The molecule has 0 radical (unpaired) electrons. The maximum Gasteiger partial charge on any atom is 0.0784 e. The van der Waals surface area contributed by atoms with Crippen LogP contribution in [0.25, 0.3) is 92.7 Å². The molecule has 0 saturated heterocycles. The van der Waals surface area contributed by atoms with Gasteiger partial charge in [0.25, 0.3) is 0 Å². The topological polar surface area (TPSA) is 13.2 Å². The molecule has 0 aliphatic carbocycles. The summed E-state index contributed by atoms with van der Waals surface area (Å²) < 4.78 is 7.59. The molecule has 202 valence electrons. The van der Waals surface area contributed by atoms with Crippen molar-refractivity contribution in [2.75, 3.05) is 0 Å². The van der Waals surface area contributed by atoms with Crippen molar-refractivity contribution in [1.29, 1.82) is 0 Å². The summed E-state index contributed by atoms with van der Waals surface area (Å²) in [5, 5.41) is 10.6. The zero-order chi connectivity index (χ0) is 28.4. The second-order valence-electron chi connectivity index (χ2n) is 13.4. The van der Waals surface area contributed by atoms with Crippen LogP contribution in [-0.4, -0.2) is 13.2 Å². The first-order valence-electron chi connectivity index (χ1n) is 15.2. The summed E-state index contributed by atoms with van der Waals surface area (Å²) in [5.74, 6) is 0. The quantitative estimate of drug-likeness (QED) is 0.167. The number of nitrogens with zero attached hydrogens (tertiary/aromatic N) is 3. The maximum absolute atomic E-state index is 2.56. The molecule has 0 N–H and O–H groups in total. The molecule has 0 amide bonds. The van der Waals surface area contributed by atoms with Crippen LogP contribution in [0.4, 0.5) is 0 Å². The van der Waals surface area contributed by atoms with Gasteiger partial charge in [-0.05, 0) is 47.4 Å². The lowest BCUT2D eigenvalue weighted by atomic mass is 9.86. The SMILES string of the molecule is CC(C)(C)c1ccc2c(c1)c1cccc3c4ccc5c(c6cccc7c6n5c5cccc6c8ccccc8n7c65)c4n2c13. The maximum atomic E-state index is 2.56. The molecule has 5 heterocycles. The fraction of sp³-hybridized carbons (Fsp3) is 0.100. The van der Waals surface area contributed by atoms with E-state index in [2.05, 4.69) is 143 Å². The van der Waals surface area contributed by atoms with Gasteiger partial charge in [0, 0.05) is 43.1 Å². The van der Waals surface area contributed by atoms with Crippen LogP contribution in [0.5, 0.6) is 0 Å². The first-order chi connectivity index (χ1) is 21.0. The van der Waals surface area contributed by atoms with E-state index in [0.29, 0.717) is 0 Å². The van der Waals surface area contributed by atoms with Gasteiger partial charge in [0.1, 0.15) is 0 Å². The van der Waals surface area contributed by atoms with Gasteiger partial charge in [-0.25, -0.2) is 0 Å². The molecular formula is C40H27N3. The van der Waals surface area contributed by atoms with E-state index in [9.17, 15) is 0 Å². The molecule has 5 aromatic heterocycles. The van der Waals surface area contributed by atoms with E-state index in [1.54, 1.807) is 0 Å². The summed E-state index contributed by atoms with van der Waals surface area (Å²) >= 11 is 0. The molecule has 0 bridgehead atoms. The molecule has 0 fully saturated rings. The molecule has 11 aromatic rings. The van der Waals surface area contributed by atoms with Gasteiger partial charge < -0.3 is 13.2 Å². The number of hydrogen-bond donors (Lipinski definition) is 0. The first kappa shape index (κ1) is 22.3. The van der Waals surface area contributed by atoms with Crippen LogP contribution < -0.4 is 0 Å². The molecule has 43 heavy (non-hydrogen) atoms. The highest BCUT2D eigenvalue weighted by molar-refractivity contribution is 6.32. The van der Waals surface area contributed by atoms with Crippen molar-refractivity contribution in [1.82, 2.24) is 13.2 Å². The predicted molar refractivity (Wildman–Crippen MR) is 183 cm³/mol. The van der Waals surface area contributed by atoms with Gasteiger partial charge in [-0.2, -0.15) is 0 Å². The van der Waals surface area contributed by atoms with Crippen LogP contribution in [-0.2, 0) is 5.41 Å². The third-order valence-electron chi connectivity index (χ3n) is 10.2. The Labute approximate surface area is 246 Å². The normalized spacial score (nSPS) is 13.5. The summed E-state index contributed by atoms with van der Waals surface area (Å²) in [6.45, 7) is 6.91. The minimum absolute atomic E-state index is 0.0936. The standard InChI is InChI=1S/C40H27N3/c1-40(2,3)22-17-19-31-29(21-22)26-11-6-10-25-27-18-20-32-35(39(27)43(31)36(25)26)28-13-8-16-34-38(28)42(32)33-15-7-12-24-23-9-4-5-14-30(23)41(34)37(24)33/h4-21H,1-3H3. The summed E-state index contributed by atoms with van der Waals surface area (Å²) in [4.78, 5) is 0. The highest BCUT2D eigenvalue weighted by Gasteiger charge is 2.25. The molecule has 0 saturated carbocycles. The third-order valence-corrected chi connectivity index (χ3v) is 10.2. The van der Waals surface area contributed by atoms with Crippen molar-refractivity contribution >= 4 is 92.7 Å². The van der Waals surface area contributed by atoms with E-state index in [1.807, 2.05) is 0 Å². The monoisotopic (exact) mass is 549 g/mol. The summed E-state index contributed by atoms with van der Waals surface area (Å²) in [6, 6.07) is 41.2. The Hall–Kier alpha value is -5.28. The molecular weight excluding hydrogens is 522 g/mol. The van der Waals surface area contributed by atoms with E-state index in [-0.39, 0.29) is 5.41 Å². The predicted octanol–water partition coefficient (Wildman–Crippen LogP) is 10.7. The molecule has 0 atom stereocenters. The Balaban J connectivity index is 1.45. The van der Waals surface area contributed by atoms with Crippen molar-refractivity contribution < 1.29 is 0 Å². The smallest absolute Gasteiger partial charge is 0.0784 e. The highest BCUT2D eigenvalue weighted by Crippen LogP contribution is 2.46. The first-order valence-corrected chi connectivity index (χ1v) is 15.2. The van der Waals surface area contributed by atoms with E-state index in [0.717, 1.165) is 0 Å². The van der Waals surface area contributed by atoms with Crippen LogP contribution in [0.15, 0.2) is 109 Å². The fourth-order valence-corrected chi connectivity index (χ4v) is 8.42. The Morgan fingerprint density at radius 3 is 1.70 bits per heavy atom. The number of fused-ring (bicyclic) bond motifs is 15. The molecule has 11 rings (SSSR count).